The maximum absolute atomic E-state index is 12.9. The van der Waals surface area contributed by atoms with E-state index in [1.54, 1.807) is 13.2 Å². The van der Waals surface area contributed by atoms with Gasteiger partial charge in [-0.25, -0.2) is 4.39 Å². The molecule has 1 aromatic rings. The first-order chi connectivity index (χ1) is 8.17. The zero-order valence-corrected chi connectivity index (χ0v) is 10.6. The summed E-state index contributed by atoms with van der Waals surface area (Å²) in [6.45, 7) is 1.17. The van der Waals surface area contributed by atoms with E-state index < -0.39 is 0 Å². The van der Waals surface area contributed by atoms with Crippen LogP contribution in [0.5, 0.6) is 0 Å². The summed E-state index contributed by atoms with van der Waals surface area (Å²) >= 11 is 5.96. The van der Waals surface area contributed by atoms with Gasteiger partial charge in [0.1, 0.15) is 5.82 Å². The molecule has 0 heterocycles. The molecule has 0 fully saturated rings. The number of methoxy groups -OCH3 is 1. The highest BCUT2D eigenvalue weighted by molar-refractivity contribution is 6.32. The van der Waals surface area contributed by atoms with Crippen LogP contribution in [-0.2, 0) is 4.74 Å². The van der Waals surface area contributed by atoms with Crippen LogP contribution in [0.3, 0.4) is 0 Å². The van der Waals surface area contributed by atoms with E-state index in [0.29, 0.717) is 18.2 Å². The van der Waals surface area contributed by atoms with Gasteiger partial charge in [0.05, 0.1) is 11.6 Å². The van der Waals surface area contributed by atoms with Crippen molar-refractivity contribution in [2.24, 2.45) is 5.73 Å². The quantitative estimate of drug-likeness (QED) is 0.849. The van der Waals surface area contributed by atoms with Crippen LogP contribution in [0.15, 0.2) is 23.8 Å². The van der Waals surface area contributed by atoms with Gasteiger partial charge in [0.15, 0.2) is 0 Å². The molecule has 0 saturated carbocycles. The van der Waals surface area contributed by atoms with Gasteiger partial charge in [-0.2, -0.15) is 0 Å². The Hall–Kier alpha value is -0.900. The van der Waals surface area contributed by atoms with Crippen LogP contribution in [0.2, 0.25) is 5.02 Å². The summed E-state index contributed by atoms with van der Waals surface area (Å²) in [4.78, 5) is 0. The van der Waals surface area contributed by atoms with Crippen molar-refractivity contribution in [2.45, 2.75) is 12.8 Å². The summed E-state index contributed by atoms with van der Waals surface area (Å²) in [5.74, 6) is -0.331. The van der Waals surface area contributed by atoms with Crippen molar-refractivity contribution >= 4 is 17.7 Å². The van der Waals surface area contributed by atoms with E-state index in [9.17, 15) is 4.39 Å². The molecule has 94 valence electrons. The average molecular weight is 258 g/mol. The Kier molecular flexibility index (Phi) is 6.19. The molecule has 1 rings (SSSR count). The minimum Gasteiger partial charge on any atom is -0.380 e. The second-order valence-electron chi connectivity index (χ2n) is 3.79. The van der Waals surface area contributed by atoms with Crippen molar-refractivity contribution < 1.29 is 9.13 Å². The number of ether oxygens (including phenoxy) is 1. The number of rotatable bonds is 6. The van der Waals surface area contributed by atoms with Crippen molar-refractivity contribution in [3.8, 4) is 0 Å². The van der Waals surface area contributed by atoms with Gasteiger partial charge in [0.25, 0.3) is 0 Å². The molecule has 17 heavy (non-hydrogen) atoms. The molecule has 0 amide bonds. The van der Waals surface area contributed by atoms with Crippen molar-refractivity contribution in [2.75, 3.05) is 20.3 Å². The predicted molar refractivity (Wildman–Crippen MR) is 69.6 cm³/mol. The molecule has 0 radical (unpaired) electrons. The molecular formula is C13H17ClFNO. The monoisotopic (exact) mass is 257 g/mol. The van der Waals surface area contributed by atoms with Crippen LogP contribution in [0.25, 0.3) is 6.08 Å². The molecule has 0 aliphatic rings. The van der Waals surface area contributed by atoms with E-state index >= 15 is 0 Å². The van der Waals surface area contributed by atoms with Crippen molar-refractivity contribution in [1.29, 1.82) is 0 Å². The smallest absolute Gasteiger partial charge is 0.124 e. The maximum Gasteiger partial charge on any atom is 0.124 e. The molecule has 0 aliphatic carbocycles. The Morgan fingerprint density at radius 3 is 2.88 bits per heavy atom. The largest absolute Gasteiger partial charge is 0.380 e. The number of nitrogens with two attached hydrogens (primary N) is 1. The summed E-state index contributed by atoms with van der Waals surface area (Å²) < 4.78 is 18.0. The van der Waals surface area contributed by atoms with Crippen molar-refractivity contribution in [1.82, 2.24) is 0 Å². The van der Waals surface area contributed by atoms with Gasteiger partial charge in [0.2, 0.25) is 0 Å². The van der Waals surface area contributed by atoms with Crippen LogP contribution >= 0.6 is 11.6 Å². The lowest BCUT2D eigenvalue weighted by Crippen LogP contribution is -2.02. The Labute approximate surface area is 106 Å². The minimum atomic E-state index is -0.331. The van der Waals surface area contributed by atoms with Gasteiger partial charge >= 0.3 is 0 Å². The fourth-order valence-electron chi connectivity index (χ4n) is 1.54. The Morgan fingerprint density at radius 2 is 2.29 bits per heavy atom. The molecule has 0 aliphatic heterocycles. The highest BCUT2D eigenvalue weighted by Crippen LogP contribution is 2.21. The third kappa shape index (κ3) is 4.86. The first-order valence-electron chi connectivity index (χ1n) is 5.51. The van der Waals surface area contributed by atoms with Gasteiger partial charge in [-0.3, -0.25) is 0 Å². The second-order valence-corrected chi connectivity index (χ2v) is 4.20. The summed E-state index contributed by atoms with van der Waals surface area (Å²) in [5.41, 5.74) is 7.38. The zero-order chi connectivity index (χ0) is 12.7. The lowest BCUT2D eigenvalue weighted by atomic mass is 10.1. The van der Waals surface area contributed by atoms with Crippen LogP contribution in [0.4, 0.5) is 4.39 Å². The molecule has 2 N–H and O–H groups in total. The normalized spacial score (nSPS) is 11.9. The third-order valence-electron chi connectivity index (χ3n) is 2.35. The number of halogens is 2. The highest BCUT2D eigenvalue weighted by Gasteiger charge is 2.02. The Balaban J connectivity index is 2.87. The van der Waals surface area contributed by atoms with Crippen molar-refractivity contribution in [3.63, 3.8) is 0 Å². The number of hydrogen-bond donors (Lipinski definition) is 1. The number of benzene rings is 1. The molecule has 0 spiro atoms. The van der Waals surface area contributed by atoms with Gasteiger partial charge in [-0.05, 0) is 42.7 Å². The Morgan fingerprint density at radius 1 is 1.53 bits per heavy atom. The average Bonchev–Trinajstić information content (AvgIpc) is 2.29. The first kappa shape index (κ1) is 14.2. The van der Waals surface area contributed by atoms with E-state index in [1.807, 2.05) is 6.08 Å². The zero-order valence-electron chi connectivity index (χ0n) is 9.88. The second kappa shape index (κ2) is 7.43. The lowest BCUT2D eigenvalue weighted by Gasteiger charge is -2.07. The third-order valence-corrected chi connectivity index (χ3v) is 2.68. The van der Waals surface area contributed by atoms with Crippen molar-refractivity contribution in [3.05, 3.63) is 40.2 Å². The SMILES string of the molecule is COC/C(=C/c1ccc(F)cc1Cl)CCCN. The topological polar surface area (TPSA) is 35.2 Å². The molecule has 2 nitrogen and oxygen atoms in total. The standard InChI is InChI=1S/C13H17ClFNO/c1-17-9-10(3-2-6-16)7-11-4-5-12(15)8-13(11)14/h4-5,7-8H,2-3,6,9,16H2,1H3/b10-7+. The fourth-order valence-corrected chi connectivity index (χ4v) is 1.76. The van der Waals surface area contributed by atoms with Gasteiger partial charge in [-0.15, -0.1) is 0 Å². The lowest BCUT2D eigenvalue weighted by molar-refractivity contribution is 0.223. The molecule has 0 saturated heterocycles. The van der Waals surface area contributed by atoms with E-state index in [2.05, 4.69) is 0 Å². The van der Waals surface area contributed by atoms with E-state index in [4.69, 9.17) is 22.1 Å². The molecule has 4 heteroatoms. The molecule has 0 bridgehead atoms. The molecule has 0 atom stereocenters. The number of hydrogen-bond acceptors (Lipinski definition) is 2. The minimum absolute atomic E-state index is 0.331. The molecule has 0 unspecified atom stereocenters. The van der Waals surface area contributed by atoms with E-state index in [-0.39, 0.29) is 5.82 Å². The van der Waals surface area contributed by atoms with Gasteiger partial charge < -0.3 is 10.5 Å². The summed E-state index contributed by atoms with van der Waals surface area (Å²) in [6, 6.07) is 4.36. The van der Waals surface area contributed by atoms with E-state index in [1.165, 1.54) is 12.1 Å². The first-order valence-corrected chi connectivity index (χ1v) is 5.88. The molecule has 0 aromatic heterocycles. The maximum atomic E-state index is 12.9. The summed E-state index contributed by atoms with van der Waals surface area (Å²) in [5, 5.41) is 0.409. The van der Waals surface area contributed by atoms with Crippen LogP contribution < -0.4 is 5.73 Å². The highest BCUT2D eigenvalue weighted by atomic mass is 35.5. The fraction of sp³-hybridized carbons (Fsp3) is 0.385. The summed E-state index contributed by atoms with van der Waals surface area (Å²) in [6.07, 6.45) is 3.69. The summed E-state index contributed by atoms with van der Waals surface area (Å²) in [7, 11) is 1.64. The van der Waals surface area contributed by atoms with Crippen LogP contribution in [-0.4, -0.2) is 20.3 Å². The molecular weight excluding hydrogens is 241 g/mol. The van der Waals surface area contributed by atoms with Crippen LogP contribution in [0, 0.1) is 5.82 Å². The molecule has 1 aromatic carbocycles. The van der Waals surface area contributed by atoms with Gasteiger partial charge in [-0.1, -0.05) is 23.7 Å². The Bertz CT molecular complexity index is 393. The van der Waals surface area contributed by atoms with Crippen LogP contribution in [0.1, 0.15) is 18.4 Å². The predicted octanol–water partition coefficient (Wildman–Crippen LogP) is 3.25. The van der Waals surface area contributed by atoms with E-state index in [0.717, 1.165) is 24.0 Å². The van der Waals surface area contributed by atoms with Gasteiger partial charge in [0, 0.05) is 7.11 Å².